The molecule has 0 saturated carbocycles. The van der Waals surface area contributed by atoms with Crippen LogP contribution in [0.3, 0.4) is 0 Å². The maximum Gasteiger partial charge on any atom is 0.195 e. The molecule has 0 saturated heterocycles. The number of rotatable bonds is 3. The smallest absolute Gasteiger partial charge is 0.195 e. The molecule has 0 atom stereocenters. The minimum Gasteiger partial charge on any atom is -0.299 e. The molecule has 0 amide bonds. The highest BCUT2D eigenvalue weighted by Crippen LogP contribution is 2.14. The van der Waals surface area contributed by atoms with Gasteiger partial charge in [-0.15, -0.1) is 0 Å². The second-order valence-electron chi connectivity index (χ2n) is 4.44. The highest BCUT2D eigenvalue weighted by atomic mass is 32.1. The van der Waals surface area contributed by atoms with Crippen molar-refractivity contribution >= 4 is 12.2 Å². The summed E-state index contributed by atoms with van der Waals surface area (Å²) in [6.07, 6.45) is 0. The van der Waals surface area contributed by atoms with E-state index in [4.69, 9.17) is 17.5 Å². The molecule has 0 radical (unpaired) electrons. The van der Waals surface area contributed by atoms with E-state index in [1.807, 2.05) is 28.8 Å². The maximum absolute atomic E-state index is 8.76. The Morgan fingerprint density at radius 1 is 1.39 bits per heavy atom. The fourth-order valence-electron chi connectivity index (χ4n) is 1.79. The summed E-state index contributed by atoms with van der Waals surface area (Å²) in [7, 11) is 0. The lowest BCUT2D eigenvalue weighted by Crippen LogP contribution is -2.06. The first-order valence-electron chi connectivity index (χ1n) is 5.76. The molecule has 0 aliphatic carbocycles. The fourth-order valence-corrected chi connectivity index (χ4v) is 1.99. The molecular weight excluding hydrogens is 244 g/mol. The number of nitrogens with one attached hydrogen (secondary N) is 1. The van der Waals surface area contributed by atoms with Crippen molar-refractivity contribution in [3.8, 4) is 6.07 Å². The lowest BCUT2D eigenvalue weighted by Gasteiger charge is -2.09. The molecule has 18 heavy (non-hydrogen) atoms. The van der Waals surface area contributed by atoms with Crippen LogP contribution in [0.4, 0.5) is 0 Å². The molecule has 0 fully saturated rings. The first-order chi connectivity index (χ1) is 8.61. The van der Waals surface area contributed by atoms with Crippen molar-refractivity contribution in [1.82, 2.24) is 14.8 Å². The number of benzene rings is 1. The highest BCUT2D eigenvalue weighted by molar-refractivity contribution is 7.71. The molecular formula is C13H14N4S. The van der Waals surface area contributed by atoms with E-state index >= 15 is 0 Å². The van der Waals surface area contributed by atoms with E-state index < -0.39 is 0 Å². The molecule has 1 aromatic heterocycles. The van der Waals surface area contributed by atoms with Crippen LogP contribution in [0.1, 0.15) is 36.7 Å². The third-order valence-electron chi connectivity index (χ3n) is 2.73. The van der Waals surface area contributed by atoms with E-state index in [0.29, 0.717) is 22.8 Å². The van der Waals surface area contributed by atoms with Crippen molar-refractivity contribution in [3.05, 3.63) is 46.0 Å². The summed E-state index contributed by atoms with van der Waals surface area (Å²) in [5.41, 5.74) is 1.77. The molecule has 0 spiro atoms. The number of aromatic amines is 1. The summed E-state index contributed by atoms with van der Waals surface area (Å²) < 4.78 is 2.62. The number of H-pyrrole nitrogens is 1. The summed E-state index contributed by atoms with van der Waals surface area (Å²) in [5.74, 6) is 1.26. The Morgan fingerprint density at radius 2 is 2.06 bits per heavy atom. The Balaban J connectivity index is 2.31. The zero-order chi connectivity index (χ0) is 13.1. The van der Waals surface area contributed by atoms with Gasteiger partial charge in [0.15, 0.2) is 4.77 Å². The van der Waals surface area contributed by atoms with Gasteiger partial charge in [0.25, 0.3) is 0 Å². The summed E-state index contributed by atoms with van der Waals surface area (Å²) >= 11 is 5.23. The van der Waals surface area contributed by atoms with Gasteiger partial charge in [-0.05, 0) is 29.9 Å². The second kappa shape index (κ2) is 5.15. The van der Waals surface area contributed by atoms with E-state index in [-0.39, 0.29) is 0 Å². The number of hydrogen-bond acceptors (Lipinski definition) is 3. The number of aromatic nitrogens is 3. The van der Waals surface area contributed by atoms with Gasteiger partial charge in [-0.3, -0.25) is 9.67 Å². The van der Waals surface area contributed by atoms with E-state index in [2.05, 4.69) is 30.1 Å². The molecule has 0 unspecified atom stereocenters. The van der Waals surface area contributed by atoms with Gasteiger partial charge in [-0.25, -0.2) is 0 Å². The van der Waals surface area contributed by atoms with Crippen molar-refractivity contribution in [2.45, 2.75) is 26.3 Å². The van der Waals surface area contributed by atoms with Crippen LogP contribution in [0, 0.1) is 16.1 Å². The Kier molecular flexibility index (Phi) is 3.58. The molecule has 0 bridgehead atoms. The average Bonchev–Trinajstić information content (AvgIpc) is 2.72. The Bertz CT molecular complexity index is 628. The monoisotopic (exact) mass is 258 g/mol. The fraction of sp³-hybridized carbons (Fsp3) is 0.308. The molecule has 4 nitrogen and oxygen atoms in total. The van der Waals surface area contributed by atoms with Crippen molar-refractivity contribution in [1.29, 1.82) is 5.26 Å². The predicted molar refractivity (Wildman–Crippen MR) is 71.8 cm³/mol. The number of nitriles is 1. The average molecular weight is 258 g/mol. The standard InChI is InChI=1S/C13H14N4S/c1-9(2)12-15-16-13(18)17(12)8-11-5-3-10(7-14)4-6-11/h3-6,9H,8H2,1-2H3,(H,16,18). The van der Waals surface area contributed by atoms with Crippen molar-refractivity contribution < 1.29 is 0 Å². The number of hydrogen-bond donors (Lipinski definition) is 1. The normalized spacial score (nSPS) is 10.6. The largest absolute Gasteiger partial charge is 0.299 e. The molecule has 2 aromatic rings. The molecule has 1 N–H and O–H groups in total. The summed E-state index contributed by atoms with van der Waals surface area (Å²) in [6.45, 7) is 4.84. The molecule has 92 valence electrons. The first kappa shape index (κ1) is 12.5. The van der Waals surface area contributed by atoms with Gasteiger partial charge in [0.05, 0.1) is 18.2 Å². The Morgan fingerprint density at radius 3 is 2.61 bits per heavy atom. The third-order valence-corrected chi connectivity index (χ3v) is 3.04. The molecule has 0 aliphatic heterocycles. The van der Waals surface area contributed by atoms with Crippen LogP contribution in [0.2, 0.25) is 0 Å². The van der Waals surface area contributed by atoms with E-state index in [1.165, 1.54) is 0 Å². The topological polar surface area (TPSA) is 57.4 Å². The molecule has 1 aromatic carbocycles. The summed E-state index contributed by atoms with van der Waals surface area (Å²) in [4.78, 5) is 0. The van der Waals surface area contributed by atoms with Crippen LogP contribution in [0.5, 0.6) is 0 Å². The quantitative estimate of drug-likeness (QED) is 0.861. The minimum atomic E-state index is 0.316. The maximum atomic E-state index is 8.76. The van der Waals surface area contributed by atoms with Gasteiger partial charge in [-0.2, -0.15) is 10.4 Å². The minimum absolute atomic E-state index is 0.316. The van der Waals surface area contributed by atoms with Gasteiger partial charge in [0.2, 0.25) is 0 Å². The first-order valence-corrected chi connectivity index (χ1v) is 6.16. The Labute approximate surface area is 111 Å². The van der Waals surface area contributed by atoms with Crippen molar-refractivity contribution in [2.75, 3.05) is 0 Å². The van der Waals surface area contributed by atoms with Gasteiger partial charge < -0.3 is 0 Å². The second-order valence-corrected chi connectivity index (χ2v) is 4.82. The highest BCUT2D eigenvalue weighted by Gasteiger charge is 2.10. The van der Waals surface area contributed by atoms with Crippen molar-refractivity contribution in [2.24, 2.45) is 0 Å². The van der Waals surface area contributed by atoms with Crippen LogP contribution < -0.4 is 0 Å². The van der Waals surface area contributed by atoms with Gasteiger partial charge in [0, 0.05) is 5.92 Å². The zero-order valence-electron chi connectivity index (χ0n) is 10.3. The van der Waals surface area contributed by atoms with Crippen LogP contribution in [-0.2, 0) is 6.54 Å². The zero-order valence-corrected chi connectivity index (χ0v) is 11.2. The van der Waals surface area contributed by atoms with Gasteiger partial charge in [0.1, 0.15) is 5.82 Å². The molecule has 1 heterocycles. The van der Waals surface area contributed by atoms with E-state index in [0.717, 1.165) is 11.4 Å². The Hall–Kier alpha value is -1.93. The van der Waals surface area contributed by atoms with Crippen LogP contribution in [-0.4, -0.2) is 14.8 Å². The van der Waals surface area contributed by atoms with Crippen LogP contribution in [0.15, 0.2) is 24.3 Å². The molecule has 0 aliphatic rings. The lowest BCUT2D eigenvalue weighted by atomic mass is 10.1. The molecule has 5 heteroatoms. The third kappa shape index (κ3) is 2.49. The van der Waals surface area contributed by atoms with E-state index in [9.17, 15) is 0 Å². The lowest BCUT2D eigenvalue weighted by molar-refractivity contribution is 0.664. The summed E-state index contributed by atoms with van der Waals surface area (Å²) in [6, 6.07) is 9.62. The van der Waals surface area contributed by atoms with Crippen LogP contribution in [0.25, 0.3) is 0 Å². The van der Waals surface area contributed by atoms with Crippen LogP contribution >= 0.6 is 12.2 Å². The van der Waals surface area contributed by atoms with E-state index in [1.54, 1.807) is 0 Å². The van der Waals surface area contributed by atoms with Gasteiger partial charge in [-0.1, -0.05) is 26.0 Å². The summed E-state index contributed by atoms with van der Waals surface area (Å²) in [5, 5.41) is 15.8. The molecule has 2 rings (SSSR count). The predicted octanol–water partition coefficient (Wildman–Crippen LogP) is 2.98. The van der Waals surface area contributed by atoms with Gasteiger partial charge >= 0.3 is 0 Å². The SMILES string of the molecule is CC(C)c1n[nH]c(=S)n1Cc1ccc(C#N)cc1. The van der Waals surface area contributed by atoms with Crippen molar-refractivity contribution in [3.63, 3.8) is 0 Å². The number of nitrogens with zero attached hydrogens (tertiary/aromatic N) is 3.